The molecular formula is C14H20O4. The Hall–Kier alpha value is -0.610. The number of rotatable bonds is 3. The molecule has 2 unspecified atom stereocenters. The number of carbonyl (C=O) groups is 1. The number of hydrogen-bond acceptors (Lipinski definition) is 4. The summed E-state index contributed by atoms with van der Waals surface area (Å²) < 4.78 is 17.1. The van der Waals surface area contributed by atoms with E-state index in [1.54, 1.807) is 0 Å². The molecule has 0 N–H and O–H groups in total. The highest BCUT2D eigenvalue weighted by molar-refractivity contribution is 5.83. The average molecular weight is 252 g/mol. The summed E-state index contributed by atoms with van der Waals surface area (Å²) in [6.07, 6.45) is 9.00. The Labute approximate surface area is 107 Å². The fourth-order valence-corrected chi connectivity index (χ4v) is 3.94. The van der Waals surface area contributed by atoms with Crippen molar-refractivity contribution in [1.29, 1.82) is 0 Å². The van der Waals surface area contributed by atoms with Crippen molar-refractivity contribution in [3.63, 3.8) is 0 Å². The normalized spacial score (nSPS) is 48.9. The van der Waals surface area contributed by atoms with Crippen molar-refractivity contribution in [2.24, 2.45) is 0 Å². The maximum absolute atomic E-state index is 12.2. The van der Waals surface area contributed by atoms with E-state index >= 15 is 0 Å². The Balaban J connectivity index is 1.37. The van der Waals surface area contributed by atoms with Gasteiger partial charge < -0.3 is 14.2 Å². The molecule has 0 aromatic rings. The second-order valence-corrected chi connectivity index (χ2v) is 6.32. The third kappa shape index (κ3) is 1.55. The third-order valence-corrected chi connectivity index (χ3v) is 5.15. The van der Waals surface area contributed by atoms with E-state index in [4.69, 9.17) is 14.2 Å². The van der Waals surface area contributed by atoms with Gasteiger partial charge in [-0.05, 0) is 44.9 Å². The topological polar surface area (TPSA) is 48.1 Å². The second kappa shape index (κ2) is 3.70. The second-order valence-electron chi connectivity index (χ2n) is 6.32. The number of fused-ring (bicyclic) bond motifs is 3. The molecule has 0 aromatic heterocycles. The molecule has 2 bridgehead atoms. The number of ether oxygens (including phenoxy) is 3. The van der Waals surface area contributed by atoms with Gasteiger partial charge in [0.1, 0.15) is 12.2 Å². The Morgan fingerprint density at radius 1 is 1.11 bits per heavy atom. The SMILES string of the molecule is O=C(OCC12CCC(CC1)O2)C12CCCCC1O2. The maximum Gasteiger partial charge on any atom is 0.341 e. The van der Waals surface area contributed by atoms with E-state index in [0.717, 1.165) is 44.9 Å². The van der Waals surface area contributed by atoms with E-state index in [1.165, 1.54) is 6.42 Å². The molecular weight excluding hydrogens is 232 g/mol. The molecule has 3 heterocycles. The molecule has 100 valence electrons. The van der Waals surface area contributed by atoms with Gasteiger partial charge in [-0.15, -0.1) is 0 Å². The van der Waals surface area contributed by atoms with E-state index < -0.39 is 5.60 Å². The standard InChI is InChI=1S/C14H20O4/c15-12(14-6-2-1-3-11(14)18-14)16-9-13-7-4-10(17-13)5-8-13/h10-11H,1-9H2. The summed E-state index contributed by atoms with van der Waals surface area (Å²) in [7, 11) is 0. The first-order valence-electron chi connectivity index (χ1n) is 7.25. The molecule has 4 heteroatoms. The first-order chi connectivity index (χ1) is 8.73. The minimum absolute atomic E-state index is 0.136. The van der Waals surface area contributed by atoms with E-state index in [-0.39, 0.29) is 17.7 Å². The molecule has 3 aliphatic heterocycles. The third-order valence-electron chi connectivity index (χ3n) is 5.15. The van der Waals surface area contributed by atoms with Gasteiger partial charge in [-0.2, -0.15) is 0 Å². The van der Waals surface area contributed by atoms with Crippen LogP contribution in [0.3, 0.4) is 0 Å². The van der Waals surface area contributed by atoms with Gasteiger partial charge in [0.05, 0.1) is 12.2 Å². The lowest BCUT2D eigenvalue weighted by atomic mass is 9.88. The van der Waals surface area contributed by atoms with E-state index in [1.807, 2.05) is 0 Å². The molecule has 4 nitrogen and oxygen atoms in total. The molecule has 4 aliphatic rings. The van der Waals surface area contributed by atoms with Crippen LogP contribution >= 0.6 is 0 Å². The lowest BCUT2D eigenvalue weighted by molar-refractivity contribution is -0.158. The number of carbonyl (C=O) groups excluding carboxylic acids is 1. The summed E-state index contributed by atoms with van der Waals surface area (Å²) in [4.78, 5) is 12.2. The van der Waals surface area contributed by atoms with E-state index in [2.05, 4.69) is 0 Å². The zero-order chi connectivity index (χ0) is 12.2. The predicted molar refractivity (Wildman–Crippen MR) is 63.1 cm³/mol. The van der Waals surface area contributed by atoms with E-state index in [9.17, 15) is 4.79 Å². The largest absolute Gasteiger partial charge is 0.460 e. The quantitative estimate of drug-likeness (QED) is 0.569. The van der Waals surface area contributed by atoms with Crippen LogP contribution in [0.15, 0.2) is 0 Å². The lowest BCUT2D eigenvalue weighted by Gasteiger charge is -2.25. The number of epoxide rings is 1. The van der Waals surface area contributed by atoms with Crippen LogP contribution in [0.4, 0.5) is 0 Å². The lowest BCUT2D eigenvalue weighted by Crippen LogP contribution is -2.38. The van der Waals surface area contributed by atoms with Gasteiger partial charge >= 0.3 is 5.97 Å². The number of hydrogen-bond donors (Lipinski definition) is 0. The summed E-state index contributed by atoms with van der Waals surface area (Å²) in [5.74, 6) is -0.138. The van der Waals surface area contributed by atoms with Crippen LogP contribution in [0, 0.1) is 0 Å². The van der Waals surface area contributed by atoms with Gasteiger partial charge in [0.25, 0.3) is 0 Å². The summed E-state index contributed by atoms with van der Waals surface area (Å²) >= 11 is 0. The van der Waals surface area contributed by atoms with Crippen molar-refractivity contribution >= 4 is 5.97 Å². The molecule has 0 spiro atoms. The zero-order valence-corrected chi connectivity index (χ0v) is 10.7. The molecule has 1 aliphatic carbocycles. The fourth-order valence-electron chi connectivity index (χ4n) is 3.94. The predicted octanol–water partition coefficient (Wildman–Crippen LogP) is 1.95. The highest BCUT2D eigenvalue weighted by atomic mass is 16.7. The molecule has 4 rings (SSSR count). The van der Waals surface area contributed by atoms with Gasteiger partial charge in [0.2, 0.25) is 0 Å². The first kappa shape index (κ1) is 11.2. The van der Waals surface area contributed by atoms with Crippen LogP contribution in [-0.4, -0.2) is 36.0 Å². The molecule has 18 heavy (non-hydrogen) atoms. The van der Waals surface area contributed by atoms with Gasteiger partial charge in [0.15, 0.2) is 5.60 Å². The first-order valence-corrected chi connectivity index (χ1v) is 7.25. The van der Waals surface area contributed by atoms with Gasteiger partial charge in [-0.3, -0.25) is 0 Å². The fraction of sp³-hybridized carbons (Fsp3) is 0.929. The smallest absolute Gasteiger partial charge is 0.341 e. The summed E-state index contributed by atoms with van der Waals surface area (Å²) in [6.45, 7) is 0.431. The van der Waals surface area contributed by atoms with Crippen LogP contribution in [0.1, 0.15) is 51.4 Å². The van der Waals surface area contributed by atoms with Gasteiger partial charge in [0, 0.05) is 0 Å². The highest BCUT2D eigenvalue weighted by Crippen LogP contribution is 2.49. The zero-order valence-electron chi connectivity index (χ0n) is 10.7. The molecule has 0 radical (unpaired) electrons. The van der Waals surface area contributed by atoms with Gasteiger partial charge in [-0.25, -0.2) is 4.79 Å². The van der Waals surface area contributed by atoms with Crippen LogP contribution < -0.4 is 0 Å². The molecule has 0 aromatic carbocycles. The monoisotopic (exact) mass is 252 g/mol. The number of esters is 1. The minimum atomic E-state index is -0.564. The Kier molecular flexibility index (Phi) is 2.31. The Bertz CT molecular complexity index is 372. The Morgan fingerprint density at radius 3 is 2.61 bits per heavy atom. The summed E-state index contributed by atoms with van der Waals surface area (Å²) in [5, 5.41) is 0. The maximum atomic E-state index is 12.2. The summed E-state index contributed by atoms with van der Waals surface area (Å²) in [6, 6.07) is 0. The van der Waals surface area contributed by atoms with Crippen molar-refractivity contribution in [2.75, 3.05) is 6.61 Å². The van der Waals surface area contributed by atoms with Crippen molar-refractivity contribution in [3.8, 4) is 0 Å². The van der Waals surface area contributed by atoms with Crippen LogP contribution in [0.25, 0.3) is 0 Å². The highest BCUT2D eigenvalue weighted by Gasteiger charge is 2.64. The van der Waals surface area contributed by atoms with Gasteiger partial charge in [-0.1, -0.05) is 6.42 Å². The minimum Gasteiger partial charge on any atom is -0.460 e. The van der Waals surface area contributed by atoms with Crippen molar-refractivity contribution in [3.05, 3.63) is 0 Å². The molecule has 4 fully saturated rings. The van der Waals surface area contributed by atoms with Crippen LogP contribution in [-0.2, 0) is 19.0 Å². The van der Waals surface area contributed by atoms with Crippen molar-refractivity contribution in [2.45, 2.75) is 74.8 Å². The molecule has 2 atom stereocenters. The van der Waals surface area contributed by atoms with Crippen molar-refractivity contribution in [1.82, 2.24) is 0 Å². The molecule has 3 saturated heterocycles. The molecule has 1 saturated carbocycles. The molecule has 0 amide bonds. The van der Waals surface area contributed by atoms with Crippen LogP contribution in [0.2, 0.25) is 0 Å². The van der Waals surface area contributed by atoms with Crippen molar-refractivity contribution < 1.29 is 19.0 Å². The summed E-state index contributed by atoms with van der Waals surface area (Å²) in [5.41, 5.74) is -0.721. The average Bonchev–Trinajstić information content (AvgIpc) is 2.85. The Morgan fingerprint density at radius 2 is 1.94 bits per heavy atom. The van der Waals surface area contributed by atoms with Crippen LogP contribution in [0.5, 0.6) is 0 Å². The van der Waals surface area contributed by atoms with E-state index in [0.29, 0.717) is 12.7 Å².